The van der Waals surface area contributed by atoms with Gasteiger partial charge in [-0.1, -0.05) is 38.1 Å². The Bertz CT molecular complexity index is 1700. The van der Waals surface area contributed by atoms with E-state index in [1.165, 1.54) is 13.2 Å². The SMILES string of the molecule is CCN(CC)Cc1ccc(-n2cc(C3OC3O)c(=O)c3cc(F)c(N4CCN(c5ccccc5OC)CC4)c(OC)c32)cc1. The summed E-state index contributed by atoms with van der Waals surface area (Å²) in [6, 6.07) is 17.3. The van der Waals surface area contributed by atoms with Crippen LogP contribution in [0.15, 0.2) is 65.6 Å². The van der Waals surface area contributed by atoms with Crippen LogP contribution in [0.3, 0.4) is 0 Å². The van der Waals surface area contributed by atoms with E-state index in [0.29, 0.717) is 43.1 Å². The van der Waals surface area contributed by atoms with E-state index in [0.717, 1.165) is 42.3 Å². The van der Waals surface area contributed by atoms with E-state index >= 15 is 4.39 Å². The van der Waals surface area contributed by atoms with Gasteiger partial charge >= 0.3 is 0 Å². The molecule has 1 aromatic heterocycles. The van der Waals surface area contributed by atoms with Crippen molar-refractivity contribution >= 4 is 22.3 Å². The Hall–Kier alpha value is -4.12. The minimum absolute atomic E-state index is 0.170. The first-order valence-electron chi connectivity index (χ1n) is 15.1. The van der Waals surface area contributed by atoms with Crippen LogP contribution in [-0.4, -0.2) is 74.4 Å². The van der Waals surface area contributed by atoms with E-state index in [-0.39, 0.29) is 16.4 Å². The Labute approximate surface area is 256 Å². The normalized spacial score (nSPS) is 18.2. The maximum atomic E-state index is 16.1. The fourth-order valence-electron chi connectivity index (χ4n) is 6.19. The number of hydrogen-bond acceptors (Lipinski definition) is 8. The van der Waals surface area contributed by atoms with Gasteiger partial charge in [-0.2, -0.15) is 0 Å². The highest BCUT2D eigenvalue weighted by molar-refractivity contribution is 5.93. The Kier molecular flexibility index (Phi) is 8.48. The lowest BCUT2D eigenvalue weighted by atomic mass is 10.0. The van der Waals surface area contributed by atoms with E-state index in [1.54, 1.807) is 13.3 Å². The molecule has 44 heavy (non-hydrogen) atoms. The highest BCUT2D eigenvalue weighted by Crippen LogP contribution is 2.42. The lowest BCUT2D eigenvalue weighted by molar-refractivity contribution is 0.156. The zero-order chi connectivity index (χ0) is 31.0. The predicted molar refractivity (Wildman–Crippen MR) is 170 cm³/mol. The summed E-state index contributed by atoms with van der Waals surface area (Å²) < 4.78 is 34.7. The molecule has 0 spiro atoms. The highest BCUT2D eigenvalue weighted by Gasteiger charge is 2.41. The zero-order valence-corrected chi connectivity index (χ0v) is 25.6. The molecule has 6 rings (SSSR count). The van der Waals surface area contributed by atoms with Gasteiger partial charge in [-0.3, -0.25) is 9.69 Å². The van der Waals surface area contributed by atoms with Gasteiger partial charge < -0.3 is 33.7 Å². The Morgan fingerprint density at radius 2 is 1.64 bits per heavy atom. The van der Waals surface area contributed by atoms with Crippen LogP contribution >= 0.6 is 0 Å². The number of epoxide rings is 1. The first-order chi connectivity index (χ1) is 21.4. The summed E-state index contributed by atoms with van der Waals surface area (Å²) in [6.45, 7) is 9.40. The molecule has 0 radical (unpaired) electrons. The van der Waals surface area contributed by atoms with E-state index in [9.17, 15) is 9.90 Å². The number of benzene rings is 3. The van der Waals surface area contributed by atoms with Crippen LogP contribution in [0.5, 0.6) is 11.5 Å². The molecule has 2 atom stereocenters. The number of hydrogen-bond donors (Lipinski definition) is 1. The van der Waals surface area contributed by atoms with Gasteiger partial charge in [0.1, 0.15) is 23.1 Å². The van der Waals surface area contributed by atoms with Crippen molar-refractivity contribution in [3.8, 4) is 17.2 Å². The molecule has 0 bridgehead atoms. The van der Waals surface area contributed by atoms with Crippen LogP contribution in [-0.2, 0) is 11.3 Å². The van der Waals surface area contributed by atoms with E-state index in [2.05, 4.69) is 35.8 Å². The number of methoxy groups -OCH3 is 2. The molecular weight excluding hydrogens is 563 g/mol. The second-order valence-corrected chi connectivity index (χ2v) is 11.1. The number of rotatable bonds is 10. The molecule has 2 aliphatic heterocycles. The molecule has 0 amide bonds. The number of fused-ring (bicyclic) bond motifs is 1. The summed E-state index contributed by atoms with van der Waals surface area (Å²) in [5.74, 6) is 0.551. The van der Waals surface area contributed by atoms with Crippen molar-refractivity contribution in [2.75, 3.05) is 63.3 Å². The summed E-state index contributed by atoms with van der Waals surface area (Å²) in [5, 5.41) is 10.2. The van der Waals surface area contributed by atoms with Gasteiger partial charge in [-0.25, -0.2) is 4.39 Å². The fraction of sp³-hybridized carbons (Fsp3) is 0.382. The molecule has 4 aromatic rings. The van der Waals surface area contributed by atoms with E-state index in [1.807, 2.05) is 45.9 Å². The van der Waals surface area contributed by atoms with Crippen molar-refractivity contribution in [2.45, 2.75) is 32.8 Å². The first kappa shape index (κ1) is 29.9. The number of aliphatic hydroxyl groups excluding tert-OH is 1. The number of halogens is 1. The summed E-state index contributed by atoms with van der Waals surface area (Å²) >= 11 is 0. The van der Waals surface area contributed by atoms with Crippen LogP contribution in [0.1, 0.15) is 31.1 Å². The maximum absolute atomic E-state index is 16.1. The third-order valence-electron chi connectivity index (χ3n) is 8.71. The molecule has 0 saturated carbocycles. The quantitative estimate of drug-likeness (QED) is 0.262. The molecule has 0 aliphatic carbocycles. The summed E-state index contributed by atoms with van der Waals surface area (Å²) in [7, 11) is 3.16. The standard InChI is InChI=1S/C34H39FN4O5/c1-5-36(6-2)20-22-11-13-23(14-12-22)39-21-25(32-34(41)44-32)31(40)24-19-26(35)30(33(43-4)29(24)39)38-17-15-37(16-18-38)27-9-7-8-10-28(27)42-3/h7-14,19,21,32,34,41H,5-6,15-18,20H2,1-4H3. The molecule has 232 valence electrons. The first-order valence-corrected chi connectivity index (χ1v) is 15.1. The Morgan fingerprint density at radius 1 is 0.977 bits per heavy atom. The molecule has 9 nitrogen and oxygen atoms in total. The maximum Gasteiger partial charge on any atom is 0.195 e. The number of aromatic nitrogens is 1. The molecule has 2 fully saturated rings. The van der Waals surface area contributed by atoms with Gasteiger partial charge in [-0.15, -0.1) is 0 Å². The second kappa shape index (κ2) is 12.5. The van der Waals surface area contributed by atoms with Crippen LogP contribution in [0.4, 0.5) is 15.8 Å². The van der Waals surface area contributed by atoms with Crippen molar-refractivity contribution in [3.63, 3.8) is 0 Å². The van der Waals surface area contributed by atoms with Crippen molar-refractivity contribution in [3.05, 3.63) is 88.0 Å². The topological polar surface area (TPSA) is 82.9 Å². The monoisotopic (exact) mass is 602 g/mol. The lowest BCUT2D eigenvalue weighted by Gasteiger charge is -2.38. The number of aliphatic hydroxyl groups is 1. The third kappa shape index (κ3) is 5.49. The van der Waals surface area contributed by atoms with Crippen molar-refractivity contribution in [2.24, 2.45) is 0 Å². The summed E-state index contributed by atoms with van der Waals surface area (Å²) in [6.07, 6.45) is -0.123. The average Bonchev–Trinajstić information content (AvgIpc) is 3.79. The van der Waals surface area contributed by atoms with E-state index < -0.39 is 18.2 Å². The van der Waals surface area contributed by atoms with Gasteiger partial charge in [0.2, 0.25) is 0 Å². The number of anilines is 2. The summed E-state index contributed by atoms with van der Waals surface area (Å²) in [4.78, 5) is 20.2. The molecule has 2 aliphatic rings. The largest absolute Gasteiger partial charge is 0.495 e. The minimum atomic E-state index is -1.06. The third-order valence-corrected chi connectivity index (χ3v) is 8.71. The molecule has 2 saturated heterocycles. The number of piperazine rings is 1. The molecular formula is C34H39FN4O5. The van der Waals surface area contributed by atoms with Gasteiger partial charge in [0.25, 0.3) is 0 Å². The average molecular weight is 603 g/mol. The number of para-hydroxylation sites is 2. The Morgan fingerprint density at radius 3 is 2.25 bits per heavy atom. The number of ether oxygens (including phenoxy) is 3. The van der Waals surface area contributed by atoms with Crippen LogP contribution < -0.4 is 24.7 Å². The number of nitrogens with zero attached hydrogens (tertiary/aromatic N) is 4. The van der Waals surface area contributed by atoms with Crippen molar-refractivity contribution < 1.29 is 23.7 Å². The van der Waals surface area contributed by atoms with Crippen LogP contribution in [0, 0.1) is 5.82 Å². The smallest absolute Gasteiger partial charge is 0.195 e. The molecule has 1 N–H and O–H groups in total. The van der Waals surface area contributed by atoms with Crippen molar-refractivity contribution in [1.29, 1.82) is 0 Å². The number of pyridine rings is 1. The van der Waals surface area contributed by atoms with Gasteiger partial charge in [0, 0.05) is 44.6 Å². The molecule has 2 unspecified atom stereocenters. The second-order valence-electron chi connectivity index (χ2n) is 11.1. The predicted octanol–water partition coefficient (Wildman–Crippen LogP) is 4.71. The van der Waals surface area contributed by atoms with E-state index in [4.69, 9.17) is 14.2 Å². The van der Waals surface area contributed by atoms with Gasteiger partial charge in [-0.05, 0) is 49.0 Å². The van der Waals surface area contributed by atoms with Crippen molar-refractivity contribution in [1.82, 2.24) is 9.47 Å². The van der Waals surface area contributed by atoms with Crippen LogP contribution in [0.25, 0.3) is 16.6 Å². The molecule has 3 aromatic carbocycles. The van der Waals surface area contributed by atoms with Crippen LogP contribution in [0.2, 0.25) is 0 Å². The highest BCUT2D eigenvalue weighted by atomic mass is 19.1. The Balaban J connectivity index is 1.43. The molecule has 10 heteroatoms. The fourth-order valence-corrected chi connectivity index (χ4v) is 6.19. The van der Waals surface area contributed by atoms with Gasteiger partial charge in [0.05, 0.1) is 30.9 Å². The minimum Gasteiger partial charge on any atom is -0.495 e. The summed E-state index contributed by atoms with van der Waals surface area (Å²) in [5.41, 5.74) is 3.62. The zero-order valence-electron chi connectivity index (χ0n) is 25.6. The van der Waals surface area contributed by atoms with Gasteiger partial charge in [0.15, 0.2) is 23.3 Å². The molecule has 3 heterocycles. The lowest BCUT2D eigenvalue weighted by Crippen LogP contribution is -2.47.